The van der Waals surface area contributed by atoms with Crippen LogP contribution >= 0.6 is 0 Å². The molecule has 0 bridgehead atoms. The van der Waals surface area contributed by atoms with Crippen LogP contribution in [0.4, 0.5) is 0 Å². The highest BCUT2D eigenvalue weighted by molar-refractivity contribution is 5.75. The number of carbonyl (C=O) groups is 1. The molecule has 0 aromatic heterocycles. The maximum Gasteiger partial charge on any atom is 0.322 e. The number of hydrogen-bond donors (Lipinski definition) is 1. The van der Waals surface area contributed by atoms with E-state index in [4.69, 9.17) is 10.5 Å². The number of hydrogen-bond acceptors (Lipinski definition) is 4. The van der Waals surface area contributed by atoms with Gasteiger partial charge in [-0.15, -0.1) is 0 Å². The number of carbonyl (C=O) groups excluding carboxylic acids is 1. The van der Waals surface area contributed by atoms with Crippen LogP contribution in [0.25, 0.3) is 0 Å². The number of likely N-dealkylation sites (tertiary alicyclic amines) is 1. The van der Waals surface area contributed by atoms with Crippen molar-refractivity contribution < 1.29 is 9.53 Å². The number of rotatable bonds is 6. The molecule has 0 aromatic carbocycles. The molecule has 0 spiro atoms. The van der Waals surface area contributed by atoms with Gasteiger partial charge in [-0.2, -0.15) is 0 Å². The SMILES string of the molecule is CCOC(=O)[C@H](N)CCN1CCC[C@H]1CC. The summed E-state index contributed by atoms with van der Waals surface area (Å²) in [5.74, 6) is -0.269. The van der Waals surface area contributed by atoms with Crippen LogP contribution in [0.15, 0.2) is 0 Å². The molecule has 0 saturated carbocycles. The predicted octanol–water partition coefficient (Wildman–Crippen LogP) is 1.14. The molecular weight excluding hydrogens is 204 g/mol. The monoisotopic (exact) mass is 228 g/mol. The van der Waals surface area contributed by atoms with Crippen molar-refractivity contribution in [1.82, 2.24) is 4.90 Å². The lowest BCUT2D eigenvalue weighted by molar-refractivity contribution is -0.144. The fourth-order valence-electron chi connectivity index (χ4n) is 2.32. The van der Waals surface area contributed by atoms with Gasteiger partial charge >= 0.3 is 5.97 Å². The Morgan fingerprint density at radius 1 is 1.56 bits per heavy atom. The van der Waals surface area contributed by atoms with E-state index in [0.29, 0.717) is 19.1 Å². The van der Waals surface area contributed by atoms with E-state index in [9.17, 15) is 4.79 Å². The van der Waals surface area contributed by atoms with Crippen molar-refractivity contribution in [2.75, 3.05) is 19.7 Å². The summed E-state index contributed by atoms with van der Waals surface area (Å²) < 4.78 is 4.89. The van der Waals surface area contributed by atoms with Crippen molar-refractivity contribution in [3.63, 3.8) is 0 Å². The van der Waals surface area contributed by atoms with E-state index >= 15 is 0 Å². The Morgan fingerprint density at radius 2 is 2.31 bits per heavy atom. The number of esters is 1. The highest BCUT2D eigenvalue weighted by Gasteiger charge is 2.24. The van der Waals surface area contributed by atoms with Crippen molar-refractivity contribution >= 4 is 5.97 Å². The van der Waals surface area contributed by atoms with Crippen LogP contribution in [-0.2, 0) is 9.53 Å². The van der Waals surface area contributed by atoms with Gasteiger partial charge in [0.25, 0.3) is 0 Å². The Hall–Kier alpha value is -0.610. The molecule has 4 nitrogen and oxygen atoms in total. The zero-order valence-electron chi connectivity index (χ0n) is 10.4. The Morgan fingerprint density at radius 3 is 2.94 bits per heavy atom. The third-order valence-corrected chi connectivity index (χ3v) is 3.29. The van der Waals surface area contributed by atoms with Gasteiger partial charge in [-0.05, 0) is 39.2 Å². The van der Waals surface area contributed by atoms with Gasteiger partial charge < -0.3 is 15.4 Å². The molecule has 16 heavy (non-hydrogen) atoms. The molecule has 2 N–H and O–H groups in total. The molecular formula is C12H24N2O2. The lowest BCUT2D eigenvalue weighted by atomic mass is 10.1. The highest BCUT2D eigenvalue weighted by Crippen LogP contribution is 2.19. The Bertz CT molecular complexity index is 221. The van der Waals surface area contributed by atoms with E-state index in [-0.39, 0.29) is 5.97 Å². The molecule has 1 aliphatic heterocycles. The second-order valence-corrected chi connectivity index (χ2v) is 4.39. The van der Waals surface area contributed by atoms with E-state index in [1.165, 1.54) is 19.3 Å². The highest BCUT2D eigenvalue weighted by atomic mass is 16.5. The Labute approximate surface area is 98.1 Å². The molecule has 2 atom stereocenters. The summed E-state index contributed by atoms with van der Waals surface area (Å²) in [7, 11) is 0. The summed E-state index contributed by atoms with van der Waals surface area (Å²) >= 11 is 0. The first-order valence-corrected chi connectivity index (χ1v) is 6.35. The molecule has 1 saturated heterocycles. The van der Waals surface area contributed by atoms with Crippen LogP contribution in [0, 0.1) is 0 Å². The molecule has 1 aliphatic rings. The minimum atomic E-state index is -0.460. The van der Waals surface area contributed by atoms with Crippen molar-refractivity contribution in [1.29, 1.82) is 0 Å². The quantitative estimate of drug-likeness (QED) is 0.693. The standard InChI is InChI=1S/C12H24N2O2/c1-3-10-6-5-8-14(10)9-7-11(13)12(15)16-4-2/h10-11H,3-9,13H2,1-2H3/t10-,11-/m1/s1. The molecule has 0 unspecified atom stereocenters. The summed E-state index contributed by atoms with van der Waals surface area (Å²) in [6, 6.07) is 0.229. The van der Waals surface area contributed by atoms with Crippen molar-refractivity contribution in [2.45, 2.75) is 51.6 Å². The normalized spacial score (nSPS) is 23.3. The maximum absolute atomic E-state index is 11.3. The van der Waals surface area contributed by atoms with E-state index in [2.05, 4.69) is 11.8 Å². The molecule has 0 amide bonds. The summed E-state index contributed by atoms with van der Waals surface area (Å²) in [5, 5.41) is 0. The fourth-order valence-corrected chi connectivity index (χ4v) is 2.32. The second-order valence-electron chi connectivity index (χ2n) is 4.39. The first-order chi connectivity index (χ1) is 7.69. The molecule has 1 heterocycles. The van der Waals surface area contributed by atoms with Crippen LogP contribution in [0.1, 0.15) is 39.5 Å². The van der Waals surface area contributed by atoms with Gasteiger partial charge in [0.1, 0.15) is 6.04 Å². The van der Waals surface area contributed by atoms with Crippen molar-refractivity contribution in [3.8, 4) is 0 Å². The zero-order valence-corrected chi connectivity index (χ0v) is 10.4. The van der Waals surface area contributed by atoms with Gasteiger partial charge in [0, 0.05) is 12.6 Å². The van der Waals surface area contributed by atoms with E-state index in [1.807, 2.05) is 0 Å². The van der Waals surface area contributed by atoms with Gasteiger partial charge in [-0.1, -0.05) is 6.92 Å². The number of nitrogens with zero attached hydrogens (tertiary/aromatic N) is 1. The third-order valence-electron chi connectivity index (χ3n) is 3.29. The van der Waals surface area contributed by atoms with Crippen LogP contribution < -0.4 is 5.73 Å². The molecule has 1 rings (SSSR count). The van der Waals surface area contributed by atoms with Crippen LogP contribution in [0.2, 0.25) is 0 Å². The molecule has 1 fully saturated rings. The lowest BCUT2D eigenvalue weighted by Gasteiger charge is -2.24. The molecule has 0 aromatic rings. The molecule has 0 radical (unpaired) electrons. The van der Waals surface area contributed by atoms with E-state index < -0.39 is 6.04 Å². The topological polar surface area (TPSA) is 55.6 Å². The third kappa shape index (κ3) is 3.76. The average Bonchev–Trinajstić information content (AvgIpc) is 2.73. The van der Waals surface area contributed by atoms with Gasteiger partial charge in [-0.25, -0.2) is 0 Å². The maximum atomic E-state index is 11.3. The zero-order chi connectivity index (χ0) is 12.0. The van der Waals surface area contributed by atoms with Crippen LogP contribution in [-0.4, -0.2) is 42.6 Å². The summed E-state index contributed by atoms with van der Waals surface area (Å²) in [6.45, 7) is 6.49. The summed E-state index contributed by atoms with van der Waals surface area (Å²) in [5.41, 5.74) is 5.77. The largest absolute Gasteiger partial charge is 0.465 e. The number of nitrogens with two attached hydrogens (primary N) is 1. The molecule has 0 aliphatic carbocycles. The predicted molar refractivity (Wildman–Crippen MR) is 64.1 cm³/mol. The minimum absolute atomic E-state index is 0.269. The molecule has 4 heteroatoms. The lowest BCUT2D eigenvalue weighted by Crippen LogP contribution is -2.38. The Balaban J connectivity index is 2.25. The van der Waals surface area contributed by atoms with Gasteiger partial charge in [0.15, 0.2) is 0 Å². The van der Waals surface area contributed by atoms with Gasteiger partial charge in [0.05, 0.1) is 6.61 Å². The van der Waals surface area contributed by atoms with E-state index in [0.717, 1.165) is 13.1 Å². The average molecular weight is 228 g/mol. The fraction of sp³-hybridized carbons (Fsp3) is 0.917. The van der Waals surface area contributed by atoms with Crippen LogP contribution in [0.3, 0.4) is 0 Å². The summed E-state index contributed by atoms with van der Waals surface area (Å²) in [4.78, 5) is 13.8. The van der Waals surface area contributed by atoms with Crippen molar-refractivity contribution in [3.05, 3.63) is 0 Å². The van der Waals surface area contributed by atoms with Gasteiger partial charge in [-0.3, -0.25) is 4.79 Å². The molecule has 94 valence electrons. The van der Waals surface area contributed by atoms with Crippen LogP contribution in [0.5, 0.6) is 0 Å². The summed E-state index contributed by atoms with van der Waals surface area (Å²) in [6.07, 6.45) is 4.45. The van der Waals surface area contributed by atoms with Gasteiger partial charge in [0.2, 0.25) is 0 Å². The minimum Gasteiger partial charge on any atom is -0.465 e. The second kappa shape index (κ2) is 6.86. The van der Waals surface area contributed by atoms with Crippen molar-refractivity contribution in [2.24, 2.45) is 5.73 Å². The number of ether oxygens (including phenoxy) is 1. The smallest absolute Gasteiger partial charge is 0.322 e. The van der Waals surface area contributed by atoms with E-state index in [1.54, 1.807) is 6.92 Å². The first-order valence-electron chi connectivity index (χ1n) is 6.35. The first kappa shape index (κ1) is 13.5. The Kier molecular flexibility index (Phi) is 5.77.